The van der Waals surface area contributed by atoms with Gasteiger partial charge < -0.3 is 14.8 Å². The number of nitrogens with one attached hydrogen (secondary N) is 1. The molecule has 0 aromatic heterocycles. The lowest BCUT2D eigenvalue weighted by Gasteiger charge is -2.29. The third kappa shape index (κ3) is 5.04. The summed E-state index contributed by atoms with van der Waals surface area (Å²) in [5.41, 5.74) is 0. The predicted octanol–water partition coefficient (Wildman–Crippen LogP) is 1.73. The Labute approximate surface area is 104 Å². The first-order valence-corrected chi connectivity index (χ1v) is 6.77. The summed E-state index contributed by atoms with van der Waals surface area (Å²) in [4.78, 5) is 11.9. The monoisotopic (exact) mass is 243 g/mol. The van der Waals surface area contributed by atoms with Crippen molar-refractivity contribution < 1.29 is 14.3 Å². The van der Waals surface area contributed by atoms with Gasteiger partial charge in [0, 0.05) is 12.5 Å². The molecule has 0 unspecified atom stereocenters. The van der Waals surface area contributed by atoms with E-state index in [-0.39, 0.29) is 17.9 Å². The highest BCUT2D eigenvalue weighted by molar-refractivity contribution is 5.76. The summed E-state index contributed by atoms with van der Waals surface area (Å²) >= 11 is 0. The number of carbonyl (C=O) groups is 1. The Kier molecular flexibility index (Phi) is 7.21. The minimum Gasteiger partial charge on any atom is -0.465 e. The first kappa shape index (κ1) is 14.5. The summed E-state index contributed by atoms with van der Waals surface area (Å²) in [6.07, 6.45) is 4.30. The molecule has 100 valence electrons. The fraction of sp³-hybridized carbons (Fsp3) is 0.923. The van der Waals surface area contributed by atoms with E-state index in [0.717, 1.165) is 38.8 Å². The summed E-state index contributed by atoms with van der Waals surface area (Å²) in [7, 11) is 0. The molecule has 1 saturated heterocycles. The van der Waals surface area contributed by atoms with E-state index in [1.54, 1.807) is 0 Å². The maximum atomic E-state index is 11.9. The van der Waals surface area contributed by atoms with Crippen molar-refractivity contribution in [3.8, 4) is 0 Å². The fourth-order valence-electron chi connectivity index (χ4n) is 2.14. The van der Waals surface area contributed by atoms with Gasteiger partial charge in [0.1, 0.15) is 6.04 Å². The van der Waals surface area contributed by atoms with Crippen LogP contribution >= 0.6 is 0 Å². The van der Waals surface area contributed by atoms with Gasteiger partial charge in [-0.2, -0.15) is 0 Å². The molecule has 17 heavy (non-hydrogen) atoms. The minimum atomic E-state index is -0.193. The highest BCUT2D eigenvalue weighted by atomic mass is 16.5. The zero-order valence-electron chi connectivity index (χ0n) is 11.0. The van der Waals surface area contributed by atoms with Crippen LogP contribution in [0.1, 0.15) is 39.5 Å². The topological polar surface area (TPSA) is 47.6 Å². The first-order valence-electron chi connectivity index (χ1n) is 6.77. The predicted molar refractivity (Wildman–Crippen MR) is 66.9 cm³/mol. The standard InChI is InChI=1S/C13H25NO3/c1-3-5-8-14-12(13(15)17-4-2)11-7-6-9-16-10-11/h11-12,14H,3-10H2,1-2H3/t11-,12-/m0/s1. The highest BCUT2D eigenvalue weighted by Crippen LogP contribution is 2.18. The van der Waals surface area contributed by atoms with Crippen molar-refractivity contribution in [1.29, 1.82) is 0 Å². The quantitative estimate of drug-likeness (QED) is 0.546. The van der Waals surface area contributed by atoms with E-state index in [1.807, 2.05) is 6.92 Å². The Bertz CT molecular complexity index is 215. The maximum Gasteiger partial charge on any atom is 0.323 e. The van der Waals surface area contributed by atoms with Gasteiger partial charge in [-0.1, -0.05) is 13.3 Å². The molecular weight excluding hydrogens is 218 g/mol. The van der Waals surface area contributed by atoms with Gasteiger partial charge in [-0.15, -0.1) is 0 Å². The second-order valence-electron chi connectivity index (χ2n) is 4.51. The van der Waals surface area contributed by atoms with Crippen LogP contribution in [0.15, 0.2) is 0 Å². The summed E-state index contributed by atoms with van der Waals surface area (Å²) in [5, 5.41) is 3.32. The number of unbranched alkanes of at least 4 members (excludes halogenated alkanes) is 1. The van der Waals surface area contributed by atoms with Crippen LogP contribution in [0.5, 0.6) is 0 Å². The Morgan fingerprint density at radius 2 is 2.35 bits per heavy atom. The van der Waals surface area contributed by atoms with Gasteiger partial charge in [0.15, 0.2) is 0 Å². The molecule has 1 aliphatic rings. The molecule has 4 heteroatoms. The SMILES string of the molecule is CCCCN[C@H](C(=O)OCC)[C@H]1CCCOC1. The number of rotatable bonds is 7. The van der Waals surface area contributed by atoms with E-state index < -0.39 is 0 Å². The number of esters is 1. The van der Waals surface area contributed by atoms with Gasteiger partial charge in [0.05, 0.1) is 13.2 Å². The van der Waals surface area contributed by atoms with Crippen LogP contribution in [0.3, 0.4) is 0 Å². The molecule has 1 N–H and O–H groups in total. The molecule has 0 aromatic carbocycles. The van der Waals surface area contributed by atoms with E-state index in [9.17, 15) is 4.79 Å². The van der Waals surface area contributed by atoms with Gasteiger partial charge in [-0.3, -0.25) is 4.79 Å². The molecule has 1 aliphatic heterocycles. The van der Waals surface area contributed by atoms with Gasteiger partial charge in [-0.25, -0.2) is 0 Å². The van der Waals surface area contributed by atoms with Crippen molar-refractivity contribution in [1.82, 2.24) is 5.32 Å². The number of ether oxygens (including phenoxy) is 2. The normalized spacial score (nSPS) is 22.1. The van der Waals surface area contributed by atoms with Gasteiger partial charge in [0.2, 0.25) is 0 Å². The van der Waals surface area contributed by atoms with Crippen molar-refractivity contribution in [2.24, 2.45) is 5.92 Å². The zero-order valence-corrected chi connectivity index (χ0v) is 11.0. The van der Waals surface area contributed by atoms with Crippen LogP contribution in [-0.2, 0) is 14.3 Å². The number of carbonyl (C=O) groups excluding carboxylic acids is 1. The lowest BCUT2D eigenvalue weighted by Crippen LogP contribution is -2.47. The maximum absolute atomic E-state index is 11.9. The summed E-state index contributed by atoms with van der Waals surface area (Å²) in [6, 6.07) is -0.193. The Balaban J connectivity index is 2.47. The molecule has 1 fully saturated rings. The summed E-state index contributed by atoms with van der Waals surface area (Å²) < 4.78 is 10.6. The smallest absolute Gasteiger partial charge is 0.323 e. The van der Waals surface area contributed by atoms with Crippen molar-refractivity contribution in [2.45, 2.75) is 45.6 Å². The molecule has 2 atom stereocenters. The van der Waals surface area contributed by atoms with Gasteiger partial charge in [-0.05, 0) is 32.7 Å². The Hall–Kier alpha value is -0.610. The molecule has 0 saturated carbocycles. The number of hydrogen-bond acceptors (Lipinski definition) is 4. The third-order valence-electron chi connectivity index (χ3n) is 3.10. The fourth-order valence-corrected chi connectivity index (χ4v) is 2.14. The molecule has 4 nitrogen and oxygen atoms in total. The second kappa shape index (κ2) is 8.48. The van der Waals surface area contributed by atoms with E-state index in [4.69, 9.17) is 9.47 Å². The molecule has 0 aromatic rings. The summed E-state index contributed by atoms with van der Waals surface area (Å²) in [6.45, 7) is 6.79. The van der Waals surface area contributed by atoms with Gasteiger partial charge in [0.25, 0.3) is 0 Å². The molecular formula is C13H25NO3. The Morgan fingerprint density at radius 1 is 1.53 bits per heavy atom. The summed E-state index contributed by atoms with van der Waals surface area (Å²) in [5.74, 6) is 0.138. The van der Waals surface area contributed by atoms with Crippen LogP contribution in [0.25, 0.3) is 0 Å². The van der Waals surface area contributed by atoms with Crippen molar-refractivity contribution >= 4 is 5.97 Å². The highest BCUT2D eigenvalue weighted by Gasteiger charge is 2.30. The van der Waals surface area contributed by atoms with Crippen LogP contribution in [0, 0.1) is 5.92 Å². The second-order valence-corrected chi connectivity index (χ2v) is 4.51. The first-order chi connectivity index (χ1) is 8.29. The minimum absolute atomic E-state index is 0.126. The van der Waals surface area contributed by atoms with Crippen molar-refractivity contribution in [2.75, 3.05) is 26.4 Å². The molecule has 1 rings (SSSR count). The van der Waals surface area contributed by atoms with Gasteiger partial charge >= 0.3 is 5.97 Å². The lowest BCUT2D eigenvalue weighted by molar-refractivity contribution is -0.148. The van der Waals surface area contributed by atoms with Crippen molar-refractivity contribution in [3.63, 3.8) is 0 Å². The zero-order chi connectivity index (χ0) is 12.5. The number of hydrogen-bond donors (Lipinski definition) is 1. The van der Waals surface area contributed by atoms with Crippen LogP contribution in [-0.4, -0.2) is 38.4 Å². The largest absolute Gasteiger partial charge is 0.465 e. The van der Waals surface area contributed by atoms with E-state index in [1.165, 1.54) is 0 Å². The average Bonchev–Trinajstić information content (AvgIpc) is 2.36. The average molecular weight is 243 g/mol. The lowest BCUT2D eigenvalue weighted by atomic mass is 9.93. The molecule has 0 amide bonds. The van der Waals surface area contributed by atoms with E-state index in [0.29, 0.717) is 13.2 Å². The Morgan fingerprint density at radius 3 is 2.94 bits per heavy atom. The van der Waals surface area contributed by atoms with Crippen LogP contribution in [0.4, 0.5) is 0 Å². The van der Waals surface area contributed by atoms with Crippen LogP contribution < -0.4 is 5.32 Å². The molecule has 0 bridgehead atoms. The molecule has 1 heterocycles. The van der Waals surface area contributed by atoms with Crippen LogP contribution in [0.2, 0.25) is 0 Å². The molecule has 0 aliphatic carbocycles. The molecule has 0 spiro atoms. The van der Waals surface area contributed by atoms with E-state index >= 15 is 0 Å². The van der Waals surface area contributed by atoms with E-state index in [2.05, 4.69) is 12.2 Å². The van der Waals surface area contributed by atoms with Crippen molar-refractivity contribution in [3.05, 3.63) is 0 Å². The molecule has 0 radical (unpaired) electrons. The third-order valence-corrected chi connectivity index (χ3v) is 3.10.